The molecule has 1 aliphatic rings. The fourth-order valence-corrected chi connectivity index (χ4v) is 8.34. The molecule has 1 aliphatic heterocycles. The molecule has 2 atom stereocenters. The first-order chi connectivity index (χ1) is 19.0. The Labute approximate surface area is 242 Å². The number of amides is 1. The molecule has 0 saturated heterocycles. The predicted octanol–water partition coefficient (Wildman–Crippen LogP) is 7.16. The number of carbonyl (C=O) groups excluding carboxylic acids is 1. The summed E-state index contributed by atoms with van der Waals surface area (Å²) in [5.74, 6) is -0.175. The van der Waals surface area contributed by atoms with Gasteiger partial charge in [0.1, 0.15) is 0 Å². The normalized spacial score (nSPS) is 16.8. The van der Waals surface area contributed by atoms with Crippen molar-refractivity contribution in [3.8, 4) is 0 Å². The summed E-state index contributed by atoms with van der Waals surface area (Å²) in [4.78, 5) is 17.5. The van der Waals surface area contributed by atoms with E-state index in [0.29, 0.717) is 18.4 Å². The average Bonchev–Trinajstić information content (AvgIpc) is 3.43. The Bertz CT molecular complexity index is 1610. The van der Waals surface area contributed by atoms with E-state index >= 15 is 0 Å². The highest BCUT2D eigenvalue weighted by molar-refractivity contribution is 7.89. The van der Waals surface area contributed by atoms with Gasteiger partial charge in [0.25, 0.3) is 0 Å². The number of thiophene rings is 1. The van der Waals surface area contributed by atoms with Crippen molar-refractivity contribution in [2.45, 2.75) is 69.9 Å². The number of sulfonamides is 1. The van der Waals surface area contributed by atoms with Gasteiger partial charge in [0.15, 0.2) is 0 Å². The number of rotatable bonds is 7. The monoisotopic (exact) mass is 574 g/mol. The van der Waals surface area contributed by atoms with E-state index in [4.69, 9.17) is 0 Å². The molecule has 1 amide bonds. The second-order valence-electron chi connectivity index (χ2n) is 11.7. The van der Waals surface area contributed by atoms with Gasteiger partial charge in [-0.3, -0.25) is 4.79 Å². The number of hydrogen-bond donors (Lipinski definition) is 0. The summed E-state index contributed by atoms with van der Waals surface area (Å²) < 4.78 is 29.7. The van der Waals surface area contributed by atoms with Crippen LogP contribution in [-0.4, -0.2) is 42.7 Å². The SMILES string of the molecule is CC[C@H](C)N(CC(=O)N1CCc2sccc2[C@H]1c1ccc(C(C)(C)C)cc1)S(=O)(=O)c1cccc2ccccc12. The zero-order chi connectivity index (χ0) is 28.7. The van der Waals surface area contributed by atoms with Crippen LogP contribution in [-0.2, 0) is 26.7 Å². The molecule has 0 saturated carbocycles. The van der Waals surface area contributed by atoms with Crippen molar-refractivity contribution in [1.82, 2.24) is 9.21 Å². The minimum Gasteiger partial charge on any atom is -0.330 e. The Kier molecular flexibility index (Phi) is 7.92. The molecule has 0 spiro atoms. The molecular formula is C33H38N2O3S2. The third kappa shape index (κ3) is 5.35. The number of carbonyl (C=O) groups is 1. The maximum absolute atomic E-state index is 14.2. The molecule has 0 aliphatic carbocycles. The first kappa shape index (κ1) is 28.5. The number of hydrogen-bond acceptors (Lipinski definition) is 4. The summed E-state index contributed by atoms with van der Waals surface area (Å²) in [5, 5.41) is 3.62. The van der Waals surface area contributed by atoms with Crippen molar-refractivity contribution in [3.63, 3.8) is 0 Å². The van der Waals surface area contributed by atoms with Crippen molar-refractivity contribution in [1.29, 1.82) is 0 Å². The van der Waals surface area contributed by atoms with Gasteiger partial charge in [-0.15, -0.1) is 11.3 Å². The molecule has 5 nitrogen and oxygen atoms in total. The van der Waals surface area contributed by atoms with E-state index in [1.807, 2.05) is 49.1 Å². The van der Waals surface area contributed by atoms with Crippen LogP contribution in [0.15, 0.2) is 83.1 Å². The van der Waals surface area contributed by atoms with Crippen LogP contribution in [0.4, 0.5) is 0 Å². The Morgan fingerprint density at radius 1 is 1.02 bits per heavy atom. The van der Waals surface area contributed by atoms with E-state index in [0.717, 1.165) is 22.9 Å². The lowest BCUT2D eigenvalue weighted by atomic mass is 9.85. The topological polar surface area (TPSA) is 57.7 Å². The minimum absolute atomic E-state index is 0.0287. The van der Waals surface area contributed by atoms with Crippen molar-refractivity contribution in [2.75, 3.05) is 13.1 Å². The fraction of sp³-hybridized carbons (Fsp3) is 0.364. The summed E-state index contributed by atoms with van der Waals surface area (Å²) in [6.45, 7) is 10.8. The van der Waals surface area contributed by atoms with E-state index in [-0.39, 0.29) is 34.8 Å². The van der Waals surface area contributed by atoms with Gasteiger partial charge in [-0.25, -0.2) is 8.42 Å². The molecule has 7 heteroatoms. The van der Waals surface area contributed by atoms with Gasteiger partial charge in [-0.1, -0.05) is 88.4 Å². The van der Waals surface area contributed by atoms with Crippen molar-refractivity contribution < 1.29 is 13.2 Å². The smallest absolute Gasteiger partial charge is 0.244 e. The molecule has 1 aromatic heterocycles. The molecule has 3 aromatic carbocycles. The van der Waals surface area contributed by atoms with Gasteiger partial charge in [0.05, 0.1) is 17.5 Å². The maximum atomic E-state index is 14.2. The Morgan fingerprint density at radius 3 is 2.42 bits per heavy atom. The van der Waals surface area contributed by atoms with Crippen molar-refractivity contribution in [2.24, 2.45) is 0 Å². The zero-order valence-electron chi connectivity index (χ0n) is 23.9. The molecule has 210 valence electrons. The highest BCUT2D eigenvalue weighted by atomic mass is 32.2. The van der Waals surface area contributed by atoms with Crippen LogP contribution in [0.5, 0.6) is 0 Å². The highest BCUT2D eigenvalue weighted by Gasteiger charge is 2.37. The number of nitrogens with zero attached hydrogens (tertiary/aromatic N) is 2. The zero-order valence-corrected chi connectivity index (χ0v) is 25.6. The minimum atomic E-state index is -3.94. The van der Waals surface area contributed by atoms with Gasteiger partial charge >= 0.3 is 0 Å². The quantitative estimate of drug-likeness (QED) is 0.235. The van der Waals surface area contributed by atoms with Gasteiger partial charge in [0, 0.05) is 22.8 Å². The van der Waals surface area contributed by atoms with E-state index < -0.39 is 10.0 Å². The van der Waals surface area contributed by atoms with Crippen LogP contribution in [0.25, 0.3) is 10.8 Å². The van der Waals surface area contributed by atoms with Gasteiger partial charge < -0.3 is 4.90 Å². The van der Waals surface area contributed by atoms with Crippen LogP contribution < -0.4 is 0 Å². The van der Waals surface area contributed by atoms with Gasteiger partial charge in [-0.2, -0.15) is 4.31 Å². The lowest BCUT2D eigenvalue weighted by Crippen LogP contribution is -2.49. The van der Waals surface area contributed by atoms with Crippen molar-refractivity contribution >= 4 is 38.0 Å². The Morgan fingerprint density at radius 2 is 1.73 bits per heavy atom. The highest BCUT2D eigenvalue weighted by Crippen LogP contribution is 2.39. The maximum Gasteiger partial charge on any atom is 0.244 e. The largest absolute Gasteiger partial charge is 0.330 e. The van der Waals surface area contributed by atoms with Gasteiger partial charge in [-0.05, 0) is 64.8 Å². The van der Waals surface area contributed by atoms with E-state index in [2.05, 4.69) is 56.5 Å². The first-order valence-corrected chi connectivity index (χ1v) is 16.3. The van der Waals surface area contributed by atoms with E-state index in [1.54, 1.807) is 23.5 Å². The third-order valence-electron chi connectivity index (χ3n) is 8.09. The van der Waals surface area contributed by atoms with E-state index in [9.17, 15) is 13.2 Å². The van der Waals surface area contributed by atoms with Crippen LogP contribution in [0.1, 0.15) is 68.6 Å². The predicted molar refractivity (Wildman–Crippen MR) is 164 cm³/mol. The summed E-state index contributed by atoms with van der Waals surface area (Å²) in [6.07, 6.45) is 1.37. The summed E-state index contributed by atoms with van der Waals surface area (Å²) in [5.41, 5.74) is 3.45. The molecule has 5 rings (SSSR count). The lowest BCUT2D eigenvalue weighted by molar-refractivity contribution is -0.133. The summed E-state index contributed by atoms with van der Waals surface area (Å²) in [6, 6.07) is 22.9. The van der Waals surface area contributed by atoms with E-state index in [1.165, 1.54) is 14.7 Å². The molecule has 40 heavy (non-hydrogen) atoms. The molecule has 0 fully saturated rings. The average molecular weight is 575 g/mol. The second-order valence-corrected chi connectivity index (χ2v) is 14.6. The third-order valence-corrected chi connectivity index (χ3v) is 11.1. The summed E-state index contributed by atoms with van der Waals surface area (Å²) >= 11 is 1.73. The number of benzene rings is 3. The van der Waals surface area contributed by atoms with Crippen LogP contribution in [0, 0.1) is 0 Å². The van der Waals surface area contributed by atoms with Gasteiger partial charge in [0.2, 0.25) is 15.9 Å². The molecule has 0 bridgehead atoms. The Hall–Kier alpha value is -3.00. The molecule has 0 radical (unpaired) electrons. The molecule has 4 aromatic rings. The van der Waals surface area contributed by atoms with Crippen LogP contribution in [0.2, 0.25) is 0 Å². The van der Waals surface area contributed by atoms with Crippen LogP contribution >= 0.6 is 11.3 Å². The first-order valence-electron chi connectivity index (χ1n) is 14.0. The molecule has 0 unspecified atom stereocenters. The van der Waals surface area contributed by atoms with Crippen molar-refractivity contribution in [3.05, 3.63) is 99.7 Å². The second kappa shape index (κ2) is 11.1. The van der Waals surface area contributed by atoms with Crippen LogP contribution in [0.3, 0.4) is 0 Å². The molecular weight excluding hydrogens is 537 g/mol. The lowest BCUT2D eigenvalue weighted by Gasteiger charge is -2.38. The fourth-order valence-electron chi connectivity index (χ4n) is 5.56. The Balaban J connectivity index is 1.51. The molecule has 2 heterocycles. The standard InChI is InChI=1S/C33H38N2O3S2/c1-6-23(2)35(40(37,38)30-13-9-11-24-10-7-8-12-27(24)30)22-31(36)34-20-18-29-28(19-21-39-29)32(34)25-14-16-26(17-15-25)33(3,4)5/h7-17,19,21,23,32H,6,18,20,22H2,1-5H3/t23-,32+/m0/s1. The molecule has 0 N–H and O–H groups in total. The number of fused-ring (bicyclic) bond motifs is 2. The summed E-state index contributed by atoms with van der Waals surface area (Å²) in [7, 11) is -3.94.